The Labute approximate surface area is 255 Å². The van der Waals surface area contributed by atoms with Crippen LogP contribution < -0.4 is 15.8 Å². The zero-order valence-electron chi connectivity index (χ0n) is 23.5. The number of carbonyl (C=O) groups is 1. The molecule has 2 atom stereocenters. The van der Waals surface area contributed by atoms with E-state index in [4.69, 9.17) is 22.1 Å². The lowest BCUT2D eigenvalue weighted by Crippen LogP contribution is -2.63. The summed E-state index contributed by atoms with van der Waals surface area (Å²) in [5, 5.41) is 3.98. The number of nitrogens with two attached hydrogens (primary N) is 1. The van der Waals surface area contributed by atoms with Gasteiger partial charge >= 0.3 is 6.01 Å². The SMILES string of the molecule is C=CC(=O)N1C[C@@H](Nc2nc(OCC34CCCN3CCC4)nc3c(F)c(-c4ccc(F)c5sc(N)nc45)c(Cl)cc23)[C@H]1C. The number of carbonyl (C=O) groups excluding carboxylic acids is 1. The number of benzene rings is 2. The van der Waals surface area contributed by atoms with Gasteiger partial charge in [0.05, 0.1) is 32.9 Å². The summed E-state index contributed by atoms with van der Waals surface area (Å²) in [5.74, 6) is -1.01. The fourth-order valence-corrected chi connectivity index (χ4v) is 7.87. The first-order chi connectivity index (χ1) is 20.7. The average molecular weight is 626 g/mol. The molecule has 0 bridgehead atoms. The predicted molar refractivity (Wildman–Crippen MR) is 165 cm³/mol. The highest BCUT2D eigenvalue weighted by atomic mass is 35.5. The van der Waals surface area contributed by atoms with Crippen LogP contribution in [0.25, 0.3) is 32.2 Å². The second-order valence-corrected chi connectivity index (χ2v) is 13.0. The van der Waals surface area contributed by atoms with E-state index in [0.717, 1.165) is 50.1 Å². The van der Waals surface area contributed by atoms with E-state index in [1.807, 2.05) is 6.92 Å². The summed E-state index contributed by atoms with van der Waals surface area (Å²) in [7, 11) is 0. The standard InChI is InChI=1S/C30H30ClF2N7O2S/c1-3-21(41)40-13-20(15(40)2)35-27-17-12-18(31)22(16-6-7-19(32)26-25(16)36-28(34)43-26)23(33)24(17)37-29(38-27)42-14-30-8-4-10-39(30)11-5-9-30/h3,6-7,12,15,20H,1,4-5,8-11,13-14H2,2H3,(H2,34,36)(H,35,37,38)/t15-,20-/m1/s1. The van der Waals surface area contributed by atoms with Gasteiger partial charge < -0.3 is 20.7 Å². The lowest BCUT2D eigenvalue weighted by molar-refractivity contribution is -0.133. The minimum atomic E-state index is -0.705. The van der Waals surface area contributed by atoms with Crippen LogP contribution in [-0.4, -0.2) is 74.5 Å². The van der Waals surface area contributed by atoms with Gasteiger partial charge in [0.2, 0.25) is 5.91 Å². The molecule has 3 fully saturated rings. The lowest BCUT2D eigenvalue weighted by Gasteiger charge is -2.46. The van der Waals surface area contributed by atoms with Gasteiger partial charge in [-0.05, 0) is 70.0 Å². The van der Waals surface area contributed by atoms with Crippen molar-refractivity contribution in [3.05, 3.63) is 47.5 Å². The number of hydrogen-bond acceptors (Lipinski definition) is 9. The van der Waals surface area contributed by atoms with Crippen molar-refractivity contribution in [1.29, 1.82) is 0 Å². The molecule has 0 saturated carbocycles. The molecule has 0 unspecified atom stereocenters. The first-order valence-electron chi connectivity index (χ1n) is 14.3. The molecule has 13 heteroatoms. The van der Waals surface area contributed by atoms with Gasteiger partial charge in [0, 0.05) is 23.1 Å². The first kappa shape index (κ1) is 28.2. The number of amides is 1. The molecule has 0 radical (unpaired) electrons. The van der Waals surface area contributed by atoms with Crippen molar-refractivity contribution in [2.75, 3.05) is 37.3 Å². The molecule has 2 aromatic heterocycles. The minimum Gasteiger partial charge on any atom is -0.461 e. The number of aromatic nitrogens is 3. The number of rotatable bonds is 7. The Morgan fingerprint density at radius 1 is 1.26 bits per heavy atom. The summed E-state index contributed by atoms with van der Waals surface area (Å²) < 4.78 is 37.6. The quantitative estimate of drug-likeness (QED) is 0.255. The molecule has 224 valence electrons. The number of likely N-dealkylation sites (tertiary alicyclic amines) is 1. The highest BCUT2D eigenvalue weighted by Gasteiger charge is 2.45. The van der Waals surface area contributed by atoms with Crippen LogP contribution in [0, 0.1) is 11.6 Å². The molecule has 3 N–H and O–H groups in total. The molecular formula is C30H30ClF2N7O2S. The predicted octanol–water partition coefficient (Wildman–Crippen LogP) is 5.62. The average Bonchev–Trinajstić information content (AvgIpc) is 3.69. The number of nitrogens with zero attached hydrogens (tertiary/aromatic N) is 5. The number of hydrogen-bond donors (Lipinski definition) is 2. The third-order valence-electron chi connectivity index (χ3n) is 9.17. The normalized spacial score (nSPS) is 21.3. The fraction of sp³-hybridized carbons (Fsp3) is 0.400. The van der Waals surface area contributed by atoms with Crippen LogP contribution in [-0.2, 0) is 4.79 Å². The van der Waals surface area contributed by atoms with Crippen LogP contribution in [0.2, 0.25) is 5.02 Å². The zero-order valence-corrected chi connectivity index (χ0v) is 25.1. The van der Waals surface area contributed by atoms with E-state index < -0.39 is 11.6 Å². The first-order valence-corrected chi connectivity index (χ1v) is 15.5. The molecule has 3 aliphatic heterocycles. The molecule has 43 heavy (non-hydrogen) atoms. The Morgan fingerprint density at radius 2 is 2.02 bits per heavy atom. The van der Waals surface area contributed by atoms with E-state index in [1.165, 1.54) is 18.2 Å². The maximum atomic E-state index is 16.6. The van der Waals surface area contributed by atoms with Gasteiger partial charge in [-0.25, -0.2) is 13.8 Å². The number of thiazole rings is 1. The Kier molecular flexibility index (Phi) is 6.90. The van der Waals surface area contributed by atoms with Crippen molar-refractivity contribution >= 4 is 60.9 Å². The molecule has 7 rings (SSSR count). The van der Waals surface area contributed by atoms with E-state index in [1.54, 1.807) is 11.0 Å². The smallest absolute Gasteiger partial charge is 0.319 e. The number of halogens is 3. The highest BCUT2D eigenvalue weighted by Crippen LogP contribution is 2.43. The molecular weight excluding hydrogens is 596 g/mol. The van der Waals surface area contributed by atoms with Crippen molar-refractivity contribution in [1.82, 2.24) is 24.8 Å². The maximum Gasteiger partial charge on any atom is 0.319 e. The van der Waals surface area contributed by atoms with E-state index in [9.17, 15) is 9.18 Å². The van der Waals surface area contributed by atoms with Gasteiger partial charge in [-0.15, -0.1) is 0 Å². The van der Waals surface area contributed by atoms with Gasteiger partial charge in [-0.1, -0.05) is 29.5 Å². The second-order valence-electron chi connectivity index (χ2n) is 11.5. The Balaban J connectivity index is 1.32. The molecule has 4 aromatic rings. The topological polar surface area (TPSA) is 110 Å². The minimum absolute atomic E-state index is 0.00535. The third kappa shape index (κ3) is 4.58. The monoisotopic (exact) mass is 625 g/mol. The van der Waals surface area contributed by atoms with Crippen LogP contribution in [0.4, 0.5) is 19.7 Å². The molecule has 0 aliphatic carbocycles. The molecule has 9 nitrogen and oxygen atoms in total. The van der Waals surface area contributed by atoms with Gasteiger partial charge in [0.15, 0.2) is 10.9 Å². The zero-order chi connectivity index (χ0) is 30.0. The number of anilines is 2. The van der Waals surface area contributed by atoms with Crippen molar-refractivity contribution in [2.45, 2.75) is 50.2 Å². The van der Waals surface area contributed by atoms with E-state index in [0.29, 0.717) is 29.9 Å². The fourth-order valence-electron chi connectivity index (χ4n) is 6.81. The summed E-state index contributed by atoms with van der Waals surface area (Å²) in [6.07, 6.45) is 5.57. The number of ether oxygens (including phenoxy) is 1. The maximum absolute atomic E-state index is 16.6. The van der Waals surface area contributed by atoms with Crippen molar-refractivity contribution in [3.63, 3.8) is 0 Å². The number of fused-ring (bicyclic) bond motifs is 3. The van der Waals surface area contributed by atoms with Gasteiger partial charge in [-0.3, -0.25) is 9.69 Å². The van der Waals surface area contributed by atoms with Crippen LogP contribution in [0.1, 0.15) is 32.6 Å². The van der Waals surface area contributed by atoms with Crippen molar-refractivity contribution in [2.24, 2.45) is 0 Å². The summed E-state index contributed by atoms with van der Waals surface area (Å²) in [4.78, 5) is 29.8. The number of nitrogen functional groups attached to an aromatic ring is 1. The van der Waals surface area contributed by atoms with Crippen LogP contribution in [0.15, 0.2) is 30.9 Å². The van der Waals surface area contributed by atoms with Crippen molar-refractivity contribution < 1.29 is 18.3 Å². The van der Waals surface area contributed by atoms with Crippen LogP contribution >= 0.6 is 22.9 Å². The second kappa shape index (κ2) is 10.5. The molecule has 3 saturated heterocycles. The van der Waals surface area contributed by atoms with Gasteiger partial charge in [0.25, 0.3) is 0 Å². The van der Waals surface area contributed by atoms with E-state index in [2.05, 4.69) is 31.7 Å². The summed E-state index contributed by atoms with van der Waals surface area (Å²) in [6.45, 7) is 8.40. The highest BCUT2D eigenvalue weighted by molar-refractivity contribution is 7.22. The Hall–Kier alpha value is -3.61. The molecule has 1 amide bonds. The largest absolute Gasteiger partial charge is 0.461 e. The summed E-state index contributed by atoms with van der Waals surface area (Å²) >= 11 is 7.72. The molecule has 0 spiro atoms. The Morgan fingerprint density at radius 3 is 2.74 bits per heavy atom. The number of nitrogens with one attached hydrogen (secondary N) is 1. The van der Waals surface area contributed by atoms with E-state index >= 15 is 4.39 Å². The molecule has 3 aliphatic rings. The summed E-state index contributed by atoms with van der Waals surface area (Å²) in [5.41, 5.74) is 6.40. The molecule has 5 heterocycles. The van der Waals surface area contributed by atoms with E-state index in [-0.39, 0.29) is 61.0 Å². The Bertz CT molecular complexity index is 1790. The lowest BCUT2D eigenvalue weighted by atomic mass is 9.95. The van der Waals surface area contributed by atoms with Crippen LogP contribution in [0.5, 0.6) is 6.01 Å². The van der Waals surface area contributed by atoms with Gasteiger partial charge in [0.1, 0.15) is 23.8 Å². The van der Waals surface area contributed by atoms with Crippen molar-refractivity contribution in [3.8, 4) is 17.1 Å². The summed E-state index contributed by atoms with van der Waals surface area (Å²) in [6, 6.07) is 4.04. The van der Waals surface area contributed by atoms with Crippen LogP contribution in [0.3, 0.4) is 0 Å². The molecule has 2 aromatic carbocycles. The van der Waals surface area contributed by atoms with Gasteiger partial charge in [-0.2, -0.15) is 9.97 Å². The third-order valence-corrected chi connectivity index (χ3v) is 10.4.